The van der Waals surface area contributed by atoms with Crippen LogP contribution in [0.2, 0.25) is 0 Å². The number of rotatable bonds is 5. The topological polar surface area (TPSA) is 45.2 Å². The lowest BCUT2D eigenvalue weighted by Gasteiger charge is -2.09. The predicted octanol–water partition coefficient (Wildman–Crippen LogP) is 2.74. The van der Waals surface area contributed by atoms with Gasteiger partial charge in [0.25, 0.3) is 0 Å². The van der Waals surface area contributed by atoms with Crippen LogP contribution in [0.15, 0.2) is 36.5 Å². The van der Waals surface area contributed by atoms with Gasteiger partial charge in [0, 0.05) is 31.4 Å². The summed E-state index contributed by atoms with van der Waals surface area (Å²) in [6.07, 6.45) is 2.75. The summed E-state index contributed by atoms with van der Waals surface area (Å²) in [4.78, 5) is 4.29. The standard InChI is InChI=1S/C16H20N2O/c1-12-9-14(10-13(2)16(12)19)11-17-8-6-15-5-3-4-7-18-15/h3-5,7,9-10,17,19H,6,8,11H2,1-2H3. The van der Waals surface area contributed by atoms with Crippen LogP contribution in [0.5, 0.6) is 5.75 Å². The molecule has 100 valence electrons. The molecule has 0 aliphatic heterocycles. The number of nitrogens with zero attached hydrogens (tertiary/aromatic N) is 1. The number of aryl methyl sites for hydroxylation is 2. The summed E-state index contributed by atoms with van der Waals surface area (Å²) in [5, 5.41) is 13.1. The van der Waals surface area contributed by atoms with Gasteiger partial charge in [0.2, 0.25) is 0 Å². The van der Waals surface area contributed by atoms with E-state index in [1.54, 1.807) is 0 Å². The SMILES string of the molecule is Cc1cc(CNCCc2ccccn2)cc(C)c1O. The summed E-state index contributed by atoms with van der Waals surface area (Å²) in [6.45, 7) is 5.57. The summed E-state index contributed by atoms with van der Waals surface area (Å²) in [6, 6.07) is 10.0. The molecule has 0 unspecified atom stereocenters. The van der Waals surface area contributed by atoms with E-state index in [0.29, 0.717) is 5.75 Å². The highest BCUT2D eigenvalue weighted by atomic mass is 16.3. The monoisotopic (exact) mass is 256 g/mol. The van der Waals surface area contributed by atoms with Crippen molar-refractivity contribution < 1.29 is 5.11 Å². The highest BCUT2D eigenvalue weighted by Crippen LogP contribution is 2.22. The average Bonchev–Trinajstić information content (AvgIpc) is 2.42. The van der Waals surface area contributed by atoms with Crippen molar-refractivity contribution in [3.8, 4) is 5.75 Å². The zero-order valence-electron chi connectivity index (χ0n) is 11.5. The molecule has 0 amide bonds. The molecule has 0 fully saturated rings. The molecule has 0 saturated carbocycles. The van der Waals surface area contributed by atoms with E-state index in [9.17, 15) is 5.11 Å². The Morgan fingerprint density at radius 2 is 1.89 bits per heavy atom. The van der Waals surface area contributed by atoms with Crippen molar-refractivity contribution in [3.63, 3.8) is 0 Å². The maximum Gasteiger partial charge on any atom is 0.121 e. The molecule has 3 nitrogen and oxygen atoms in total. The van der Waals surface area contributed by atoms with E-state index in [2.05, 4.69) is 10.3 Å². The predicted molar refractivity (Wildman–Crippen MR) is 77.2 cm³/mol. The minimum absolute atomic E-state index is 0.400. The third-order valence-electron chi connectivity index (χ3n) is 3.16. The van der Waals surface area contributed by atoms with Crippen LogP contribution in [0.25, 0.3) is 0 Å². The van der Waals surface area contributed by atoms with Gasteiger partial charge in [-0.1, -0.05) is 18.2 Å². The maximum atomic E-state index is 9.72. The van der Waals surface area contributed by atoms with E-state index >= 15 is 0 Å². The molecule has 1 aromatic carbocycles. The Kier molecular flexibility index (Phi) is 4.53. The first-order valence-corrected chi connectivity index (χ1v) is 6.56. The number of phenols is 1. The quantitative estimate of drug-likeness (QED) is 0.809. The Labute approximate surface area is 114 Å². The molecule has 2 rings (SSSR count). The lowest BCUT2D eigenvalue weighted by molar-refractivity contribution is 0.466. The molecule has 1 heterocycles. The number of aromatic hydroxyl groups is 1. The Balaban J connectivity index is 1.83. The molecule has 0 spiro atoms. The molecule has 19 heavy (non-hydrogen) atoms. The molecule has 1 aromatic heterocycles. The zero-order valence-corrected chi connectivity index (χ0v) is 11.5. The Hall–Kier alpha value is -1.87. The fourth-order valence-electron chi connectivity index (χ4n) is 2.14. The minimum atomic E-state index is 0.400. The second-order valence-electron chi connectivity index (χ2n) is 4.83. The van der Waals surface area contributed by atoms with Crippen LogP contribution in [0.4, 0.5) is 0 Å². The van der Waals surface area contributed by atoms with Crippen LogP contribution in [-0.4, -0.2) is 16.6 Å². The highest BCUT2D eigenvalue weighted by molar-refractivity contribution is 5.42. The van der Waals surface area contributed by atoms with Crippen LogP contribution < -0.4 is 5.32 Å². The fraction of sp³-hybridized carbons (Fsp3) is 0.312. The number of aromatic nitrogens is 1. The first-order chi connectivity index (χ1) is 9.16. The van der Waals surface area contributed by atoms with Crippen LogP contribution in [0, 0.1) is 13.8 Å². The second-order valence-corrected chi connectivity index (χ2v) is 4.83. The van der Waals surface area contributed by atoms with Crippen molar-refractivity contribution in [2.24, 2.45) is 0 Å². The van der Waals surface area contributed by atoms with Crippen molar-refractivity contribution >= 4 is 0 Å². The molecule has 0 saturated heterocycles. The number of hydrogen-bond acceptors (Lipinski definition) is 3. The van der Waals surface area contributed by atoms with Gasteiger partial charge in [-0.3, -0.25) is 4.98 Å². The smallest absolute Gasteiger partial charge is 0.121 e. The minimum Gasteiger partial charge on any atom is -0.507 e. The van der Waals surface area contributed by atoms with Gasteiger partial charge in [-0.25, -0.2) is 0 Å². The van der Waals surface area contributed by atoms with Crippen LogP contribution in [0.1, 0.15) is 22.4 Å². The van der Waals surface area contributed by atoms with Crippen LogP contribution in [-0.2, 0) is 13.0 Å². The van der Waals surface area contributed by atoms with Gasteiger partial charge in [-0.15, -0.1) is 0 Å². The Bertz CT molecular complexity index is 515. The molecular formula is C16H20N2O. The van der Waals surface area contributed by atoms with E-state index in [-0.39, 0.29) is 0 Å². The van der Waals surface area contributed by atoms with Crippen molar-refractivity contribution in [3.05, 3.63) is 58.9 Å². The molecular weight excluding hydrogens is 236 g/mol. The third-order valence-corrected chi connectivity index (χ3v) is 3.16. The molecule has 0 aliphatic rings. The molecule has 0 aliphatic carbocycles. The lowest BCUT2D eigenvalue weighted by Crippen LogP contribution is -2.17. The molecule has 2 N–H and O–H groups in total. The van der Waals surface area contributed by atoms with E-state index in [0.717, 1.165) is 36.3 Å². The number of phenolic OH excluding ortho intramolecular Hbond substituents is 1. The maximum absolute atomic E-state index is 9.72. The van der Waals surface area contributed by atoms with Gasteiger partial charge in [0.15, 0.2) is 0 Å². The van der Waals surface area contributed by atoms with Crippen LogP contribution >= 0.6 is 0 Å². The number of pyridine rings is 1. The van der Waals surface area contributed by atoms with Gasteiger partial charge in [-0.05, 0) is 42.7 Å². The summed E-state index contributed by atoms with van der Waals surface area (Å²) < 4.78 is 0. The van der Waals surface area contributed by atoms with Gasteiger partial charge >= 0.3 is 0 Å². The third kappa shape index (κ3) is 3.80. The van der Waals surface area contributed by atoms with Crippen molar-refractivity contribution in [1.82, 2.24) is 10.3 Å². The lowest BCUT2D eigenvalue weighted by atomic mass is 10.1. The molecule has 0 atom stereocenters. The summed E-state index contributed by atoms with van der Waals surface area (Å²) in [5.74, 6) is 0.400. The first-order valence-electron chi connectivity index (χ1n) is 6.56. The van der Waals surface area contributed by atoms with E-state index in [4.69, 9.17) is 0 Å². The molecule has 0 bridgehead atoms. The molecule has 2 aromatic rings. The largest absolute Gasteiger partial charge is 0.507 e. The Morgan fingerprint density at radius 3 is 2.53 bits per heavy atom. The number of hydrogen-bond donors (Lipinski definition) is 2. The first kappa shape index (κ1) is 13.6. The summed E-state index contributed by atoms with van der Waals surface area (Å²) >= 11 is 0. The van der Waals surface area contributed by atoms with Gasteiger partial charge in [0.1, 0.15) is 5.75 Å². The van der Waals surface area contributed by atoms with Crippen LogP contribution in [0.3, 0.4) is 0 Å². The summed E-state index contributed by atoms with van der Waals surface area (Å²) in [7, 11) is 0. The molecule has 3 heteroatoms. The van der Waals surface area contributed by atoms with Gasteiger partial charge in [-0.2, -0.15) is 0 Å². The number of benzene rings is 1. The highest BCUT2D eigenvalue weighted by Gasteiger charge is 2.03. The second kappa shape index (κ2) is 6.34. The van der Waals surface area contributed by atoms with E-state index < -0.39 is 0 Å². The molecule has 0 radical (unpaired) electrons. The van der Waals surface area contributed by atoms with Crippen molar-refractivity contribution in [2.75, 3.05) is 6.54 Å². The normalized spacial score (nSPS) is 10.6. The van der Waals surface area contributed by atoms with Gasteiger partial charge < -0.3 is 10.4 Å². The summed E-state index contributed by atoms with van der Waals surface area (Å²) in [5.41, 5.74) is 4.17. The van der Waals surface area contributed by atoms with E-state index in [1.807, 2.05) is 50.4 Å². The van der Waals surface area contributed by atoms with Crippen molar-refractivity contribution in [2.45, 2.75) is 26.8 Å². The van der Waals surface area contributed by atoms with Gasteiger partial charge in [0.05, 0.1) is 0 Å². The van der Waals surface area contributed by atoms with E-state index in [1.165, 1.54) is 5.56 Å². The zero-order chi connectivity index (χ0) is 13.7. The van der Waals surface area contributed by atoms with Crippen molar-refractivity contribution in [1.29, 1.82) is 0 Å². The number of nitrogens with one attached hydrogen (secondary N) is 1. The average molecular weight is 256 g/mol. The fourth-order valence-corrected chi connectivity index (χ4v) is 2.14. The Morgan fingerprint density at radius 1 is 1.16 bits per heavy atom.